The summed E-state index contributed by atoms with van der Waals surface area (Å²) in [5.74, 6) is -2.16. The predicted octanol–water partition coefficient (Wildman–Crippen LogP) is 1.03. The zero-order valence-electron chi connectivity index (χ0n) is 12.1. The van der Waals surface area contributed by atoms with Gasteiger partial charge >= 0.3 is 5.97 Å². The van der Waals surface area contributed by atoms with Crippen LogP contribution in [0.1, 0.15) is 30.6 Å². The maximum absolute atomic E-state index is 11.8. The lowest BCUT2D eigenvalue weighted by atomic mass is 9.99. The van der Waals surface area contributed by atoms with E-state index in [-0.39, 0.29) is 18.4 Å². The lowest BCUT2D eigenvalue weighted by Gasteiger charge is -2.20. The third kappa shape index (κ3) is 5.25. The first kappa shape index (κ1) is 16.7. The van der Waals surface area contributed by atoms with Crippen molar-refractivity contribution in [3.8, 4) is 0 Å². The number of carbonyl (C=O) groups is 3. The summed E-state index contributed by atoms with van der Waals surface area (Å²) in [4.78, 5) is 34.6. The van der Waals surface area contributed by atoms with Crippen LogP contribution in [-0.4, -0.2) is 35.5 Å². The highest BCUT2D eigenvalue weighted by atomic mass is 16.4. The second kappa shape index (κ2) is 8.04. The van der Waals surface area contributed by atoms with Crippen LogP contribution in [0.3, 0.4) is 0 Å². The first-order valence-corrected chi connectivity index (χ1v) is 6.81. The van der Waals surface area contributed by atoms with Crippen molar-refractivity contribution >= 4 is 17.8 Å². The second-order valence-corrected chi connectivity index (χ2v) is 4.82. The van der Waals surface area contributed by atoms with Crippen LogP contribution in [0.15, 0.2) is 30.3 Å². The van der Waals surface area contributed by atoms with Gasteiger partial charge in [-0.25, -0.2) is 4.79 Å². The maximum Gasteiger partial charge on any atom is 0.326 e. The molecule has 0 unspecified atom stereocenters. The first-order chi connectivity index (χ1) is 9.95. The van der Waals surface area contributed by atoms with Gasteiger partial charge in [-0.1, -0.05) is 38.5 Å². The van der Waals surface area contributed by atoms with E-state index in [4.69, 9.17) is 5.11 Å². The molecule has 0 saturated heterocycles. The van der Waals surface area contributed by atoms with Crippen LogP contribution in [0, 0.1) is 5.92 Å². The second-order valence-electron chi connectivity index (χ2n) is 4.82. The average molecular weight is 292 g/mol. The fraction of sp³-hybridized carbons (Fsp3) is 0.400. The minimum absolute atomic E-state index is 0.184. The lowest BCUT2D eigenvalue weighted by Crippen LogP contribution is -2.48. The molecule has 6 nitrogen and oxygen atoms in total. The summed E-state index contributed by atoms with van der Waals surface area (Å²) in [6.45, 7) is 3.35. The van der Waals surface area contributed by atoms with E-state index in [0.717, 1.165) is 0 Å². The van der Waals surface area contributed by atoms with E-state index in [0.29, 0.717) is 12.0 Å². The Kier molecular flexibility index (Phi) is 6.39. The Morgan fingerprint density at radius 2 is 1.81 bits per heavy atom. The van der Waals surface area contributed by atoms with Crippen LogP contribution in [0.25, 0.3) is 0 Å². The van der Waals surface area contributed by atoms with Gasteiger partial charge in [0.1, 0.15) is 6.04 Å². The average Bonchev–Trinajstić information content (AvgIpc) is 2.50. The molecule has 0 aromatic heterocycles. The summed E-state index contributed by atoms with van der Waals surface area (Å²) < 4.78 is 0. The van der Waals surface area contributed by atoms with E-state index >= 15 is 0 Å². The molecule has 3 N–H and O–H groups in total. The molecule has 0 spiro atoms. The van der Waals surface area contributed by atoms with Gasteiger partial charge in [0.05, 0.1) is 6.54 Å². The molecule has 0 heterocycles. The first-order valence-electron chi connectivity index (χ1n) is 6.81. The van der Waals surface area contributed by atoms with Crippen molar-refractivity contribution in [1.82, 2.24) is 10.6 Å². The molecule has 1 aromatic carbocycles. The molecule has 1 aromatic rings. The smallest absolute Gasteiger partial charge is 0.326 e. The number of carboxylic acids is 1. The van der Waals surface area contributed by atoms with Gasteiger partial charge in [-0.05, 0) is 18.1 Å². The monoisotopic (exact) mass is 292 g/mol. The van der Waals surface area contributed by atoms with E-state index in [1.807, 2.05) is 6.92 Å². The summed E-state index contributed by atoms with van der Waals surface area (Å²) in [5, 5.41) is 14.0. The van der Waals surface area contributed by atoms with Crippen LogP contribution in [0.2, 0.25) is 0 Å². The highest BCUT2D eigenvalue weighted by molar-refractivity contribution is 5.96. The molecular formula is C15H20N2O4. The molecule has 0 bridgehead atoms. The molecule has 114 valence electrons. The van der Waals surface area contributed by atoms with Crippen LogP contribution < -0.4 is 10.6 Å². The Morgan fingerprint density at radius 3 is 2.33 bits per heavy atom. The minimum Gasteiger partial charge on any atom is -0.480 e. The third-order valence-corrected chi connectivity index (χ3v) is 3.24. The number of hydrogen-bond donors (Lipinski definition) is 3. The highest BCUT2D eigenvalue weighted by Gasteiger charge is 2.25. The van der Waals surface area contributed by atoms with Gasteiger partial charge in [0, 0.05) is 5.56 Å². The molecule has 2 atom stereocenters. The summed E-state index contributed by atoms with van der Waals surface area (Å²) in [7, 11) is 0. The molecule has 2 amide bonds. The zero-order valence-corrected chi connectivity index (χ0v) is 12.1. The number of carbonyl (C=O) groups excluding carboxylic acids is 2. The quantitative estimate of drug-likeness (QED) is 0.699. The van der Waals surface area contributed by atoms with Gasteiger partial charge in [0.15, 0.2) is 0 Å². The van der Waals surface area contributed by atoms with E-state index < -0.39 is 17.9 Å². The number of carboxylic acid groups (broad SMARTS) is 1. The number of aliphatic carboxylic acids is 1. The topological polar surface area (TPSA) is 95.5 Å². The van der Waals surface area contributed by atoms with Crippen LogP contribution >= 0.6 is 0 Å². The van der Waals surface area contributed by atoms with Crippen molar-refractivity contribution in [3.05, 3.63) is 35.9 Å². The van der Waals surface area contributed by atoms with Gasteiger partial charge in [-0.15, -0.1) is 0 Å². The lowest BCUT2D eigenvalue weighted by molar-refractivity contribution is -0.143. The molecule has 1 rings (SSSR count). The van der Waals surface area contributed by atoms with Gasteiger partial charge in [-0.3, -0.25) is 9.59 Å². The van der Waals surface area contributed by atoms with Gasteiger partial charge < -0.3 is 15.7 Å². The van der Waals surface area contributed by atoms with Gasteiger partial charge in [-0.2, -0.15) is 0 Å². The van der Waals surface area contributed by atoms with Crippen molar-refractivity contribution in [1.29, 1.82) is 0 Å². The Morgan fingerprint density at radius 1 is 1.19 bits per heavy atom. The number of benzene rings is 1. The summed E-state index contributed by atoms with van der Waals surface area (Å²) >= 11 is 0. The van der Waals surface area contributed by atoms with Gasteiger partial charge in [0.25, 0.3) is 5.91 Å². The molecule has 0 aliphatic rings. The van der Waals surface area contributed by atoms with Crippen molar-refractivity contribution in [2.75, 3.05) is 6.54 Å². The molecule has 0 aliphatic heterocycles. The molecule has 0 radical (unpaired) electrons. The number of rotatable bonds is 7. The Labute approximate surface area is 123 Å². The van der Waals surface area contributed by atoms with E-state index in [9.17, 15) is 14.4 Å². The van der Waals surface area contributed by atoms with Crippen molar-refractivity contribution in [3.63, 3.8) is 0 Å². The van der Waals surface area contributed by atoms with Crippen molar-refractivity contribution in [2.24, 2.45) is 5.92 Å². The van der Waals surface area contributed by atoms with Crippen molar-refractivity contribution < 1.29 is 19.5 Å². The summed E-state index contributed by atoms with van der Waals surface area (Å²) in [5.41, 5.74) is 0.446. The number of nitrogens with one attached hydrogen (secondary N) is 2. The molecule has 6 heteroatoms. The van der Waals surface area contributed by atoms with Crippen molar-refractivity contribution in [2.45, 2.75) is 26.3 Å². The molecule has 0 aliphatic carbocycles. The van der Waals surface area contributed by atoms with Crippen LogP contribution in [-0.2, 0) is 9.59 Å². The predicted molar refractivity (Wildman–Crippen MR) is 77.8 cm³/mol. The number of amides is 2. The fourth-order valence-corrected chi connectivity index (χ4v) is 1.76. The van der Waals surface area contributed by atoms with Gasteiger partial charge in [0.2, 0.25) is 5.91 Å². The van der Waals surface area contributed by atoms with E-state index in [1.54, 1.807) is 37.3 Å². The number of hydrogen-bond acceptors (Lipinski definition) is 3. The maximum atomic E-state index is 11.8. The molecule has 0 saturated carbocycles. The normalized spacial score (nSPS) is 13.0. The Bertz CT molecular complexity index is 502. The van der Waals surface area contributed by atoms with Crippen LogP contribution in [0.5, 0.6) is 0 Å². The Balaban J connectivity index is 2.50. The highest BCUT2D eigenvalue weighted by Crippen LogP contribution is 2.07. The Hall–Kier alpha value is -2.37. The molecule has 0 fully saturated rings. The third-order valence-electron chi connectivity index (χ3n) is 3.24. The van der Waals surface area contributed by atoms with E-state index in [2.05, 4.69) is 10.6 Å². The fourth-order valence-electron chi connectivity index (χ4n) is 1.76. The SMILES string of the molecule is CC[C@H](C)[C@@H](NC(=O)CNC(=O)c1ccccc1)C(=O)O. The van der Waals surface area contributed by atoms with Crippen LogP contribution in [0.4, 0.5) is 0 Å². The standard InChI is InChI=1S/C15H20N2O4/c1-3-10(2)13(15(20)21)17-12(18)9-16-14(19)11-7-5-4-6-8-11/h4-8,10,13H,3,9H2,1-2H3,(H,16,19)(H,17,18)(H,20,21)/t10-,13+/m0/s1. The molecular weight excluding hydrogens is 272 g/mol. The summed E-state index contributed by atoms with van der Waals surface area (Å²) in [6.07, 6.45) is 0.633. The van der Waals surface area contributed by atoms with E-state index in [1.165, 1.54) is 0 Å². The molecule has 21 heavy (non-hydrogen) atoms. The minimum atomic E-state index is -1.08. The summed E-state index contributed by atoms with van der Waals surface area (Å²) in [6, 6.07) is 7.54. The zero-order chi connectivity index (χ0) is 15.8. The largest absolute Gasteiger partial charge is 0.480 e.